The van der Waals surface area contributed by atoms with E-state index in [0.29, 0.717) is 19.8 Å². The van der Waals surface area contributed by atoms with Crippen LogP contribution in [0.15, 0.2) is 72.9 Å². The second-order valence-corrected chi connectivity index (χ2v) is 9.17. The molecule has 3 aromatic carbocycles. The molecule has 1 aliphatic heterocycles. The van der Waals surface area contributed by atoms with Crippen LogP contribution in [0.1, 0.15) is 5.69 Å². The van der Waals surface area contributed by atoms with Gasteiger partial charge in [-0.15, -0.1) is 0 Å². The second kappa shape index (κ2) is 9.31. The molecule has 6 rings (SSSR count). The lowest BCUT2D eigenvalue weighted by Gasteiger charge is -2.19. The van der Waals surface area contributed by atoms with E-state index in [9.17, 15) is 15.0 Å². The van der Waals surface area contributed by atoms with Crippen molar-refractivity contribution in [3.05, 3.63) is 78.6 Å². The van der Waals surface area contributed by atoms with Crippen LogP contribution in [0.4, 0.5) is 0 Å². The minimum Gasteiger partial charge on any atom is -0.486 e. The summed E-state index contributed by atoms with van der Waals surface area (Å²) in [5, 5.41) is 23.6. The van der Waals surface area contributed by atoms with E-state index in [1.807, 2.05) is 25.2 Å². The summed E-state index contributed by atoms with van der Waals surface area (Å²) in [6, 6.07) is 21.8. The molecule has 0 saturated carbocycles. The van der Waals surface area contributed by atoms with Crippen LogP contribution < -0.4 is 14.8 Å². The summed E-state index contributed by atoms with van der Waals surface area (Å²) < 4.78 is 15.7. The number of benzene rings is 3. The summed E-state index contributed by atoms with van der Waals surface area (Å²) in [5.41, 5.74) is 6.29. The fourth-order valence-electron chi connectivity index (χ4n) is 5.01. The third-order valence-electron chi connectivity index (χ3n) is 7.00. The molecule has 3 N–H and O–H groups in total. The van der Waals surface area contributed by atoms with E-state index < -0.39 is 18.6 Å². The molecule has 0 bridgehead atoms. The zero-order valence-electron chi connectivity index (χ0n) is 20.3. The van der Waals surface area contributed by atoms with Crippen LogP contribution in [0.25, 0.3) is 38.6 Å². The van der Waals surface area contributed by atoms with Crippen LogP contribution in [-0.2, 0) is 18.4 Å². The summed E-state index contributed by atoms with van der Waals surface area (Å²) in [7, 11) is 1.96. The molecule has 8 heteroatoms. The molecular formula is C29H27N3O5. The van der Waals surface area contributed by atoms with E-state index in [4.69, 9.17) is 9.47 Å². The van der Waals surface area contributed by atoms with Gasteiger partial charge in [0.2, 0.25) is 0 Å². The number of aliphatic carboxylic acids is 1. The number of hydrogen-bond donors (Lipinski definition) is 3. The van der Waals surface area contributed by atoms with Crippen molar-refractivity contribution in [3.63, 3.8) is 0 Å². The molecule has 0 fully saturated rings. The van der Waals surface area contributed by atoms with Gasteiger partial charge in [0.05, 0.1) is 17.6 Å². The summed E-state index contributed by atoms with van der Waals surface area (Å²) in [6.07, 6.45) is 2.08. The molecule has 188 valence electrons. The number of rotatable bonds is 7. The Labute approximate surface area is 213 Å². The summed E-state index contributed by atoms with van der Waals surface area (Å²) in [6.45, 7) is 1.000. The Bertz CT molecular complexity index is 1630. The Balaban J connectivity index is 1.35. The number of aliphatic hydroxyl groups is 1. The molecule has 0 aliphatic carbocycles. The van der Waals surface area contributed by atoms with E-state index in [1.54, 1.807) is 0 Å². The first-order valence-corrected chi connectivity index (χ1v) is 12.2. The molecule has 3 heterocycles. The van der Waals surface area contributed by atoms with Gasteiger partial charge in [-0.3, -0.25) is 10.1 Å². The first-order chi connectivity index (χ1) is 18.0. The maximum Gasteiger partial charge on any atom is 0.323 e. The number of ether oxygens (including phenoxy) is 2. The topological polar surface area (TPSA) is 97.9 Å². The Kier molecular flexibility index (Phi) is 5.82. The van der Waals surface area contributed by atoms with Crippen LogP contribution >= 0.6 is 0 Å². The minimum atomic E-state index is -1.07. The minimum absolute atomic E-state index is 0.337. The van der Waals surface area contributed by atoms with Crippen molar-refractivity contribution in [3.8, 4) is 28.3 Å². The van der Waals surface area contributed by atoms with Crippen molar-refractivity contribution in [2.75, 3.05) is 19.8 Å². The predicted octanol–water partition coefficient (Wildman–Crippen LogP) is 4.10. The van der Waals surface area contributed by atoms with Gasteiger partial charge in [-0.05, 0) is 53.6 Å². The van der Waals surface area contributed by atoms with Gasteiger partial charge in [-0.25, -0.2) is 0 Å². The summed E-state index contributed by atoms with van der Waals surface area (Å²) in [5.74, 6) is 0.479. The third kappa shape index (κ3) is 4.10. The van der Waals surface area contributed by atoms with Crippen LogP contribution in [0.5, 0.6) is 11.5 Å². The maximum atomic E-state index is 11.2. The number of nitrogens with one attached hydrogen (secondary N) is 1. The SMILES string of the molecule is Cn1c(CN[C@@H](CO)C(=O)O)cc2ccc(-n3ccc4c(-c5ccc6c(c5)OCCO6)cccc43)cc21. The van der Waals surface area contributed by atoms with Crippen LogP contribution in [0, 0.1) is 0 Å². The van der Waals surface area contributed by atoms with Gasteiger partial charge in [0.1, 0.15) is 19.3 Å². The number of aryl methyl sites for hydroxylation is 1. The van der Waals surface area contributed by atoms with Gasteiger partial charge >= 0.3 is 5.97 Å². The molecule has 2 aromatic heterocycles. The van der Waals surface area contributed by atoms with Crippen molar-refractivity contribution in [1.82, 2.24) is 14.5 Å². The van der Waals surface area contributed by atoms with E-state index in [1.165, 1.54) is 0 Å². The van der Waals surface area contributed by atoms with Crippen molar-refractivity contribution in [2.45, 2.75) is 12.6 Å². The number of carboxylic acid groups (broad SMARTS) is 1. The van der Waals surface area contributed by atoms with Gasteiger partial charge in [0.25, 0.3) is 0 Å². The van der Waals surface area contributed by atoms with E-state index in [-0.39, 0.29) is 0 Å². The quantitative estimate of drug-likeness (QED) is 0.313. The van der Waals surface area contributed by atoms with Crippen molar-refractivity contribution >= 4 is 27.8 Å². The van der Waals surface area contributed by atoms with Gasteiger partial charge in [0.15, 0.2) is 11.5 Å². The van der Waals surface area contributed by atoms with Crippen molar-refractivity contribution < 1.29 is 24.5 Å². The van der Waals surface area contributed by atoms with Gasteiger partial charge < -0.3 is 28.8 Å². The number of carbonyl (C=O) groups is 1. The fourth-order valence-corrected chi connectivity index (χ4v) is 5.01. The predicted molar refractivity (Wildman–Crippen MR) is 142 cm³/mol. The molecule has 0 radical (unpaired) electrons. The number of aliphatic hydroxyl groups excluding tert-OH is 1. The first-order valence-electron chi connectivity index (χ1n) is 12.2. The molecule has 0 spiro atoms. The lowest BCUT2D eigenvalue weighted by atomic mass is 10.0. The molecule has 0 amide bonds. The van der Waals surface area contributed by atoms with Gasteiger partial charge in [-0.1, -0.05) is 24.3 Å². The standard InChI is InChI=1S/C29H27N3O5/c1-31-21(16-30-24(17-33)29(34)35)13-19-5-7-20(15-26(19)31)32-10-9-23-22(3-2-4-25(23)32)18-6-8-27-28(14-18)37-12-11-36-27/h2-10,13-15,24,30,33H,11-12,16-17H2,1H3,(H,34,35)/t24-/m0/s1. The zero-order valence-corrected chi connectivity index (χ0v) is 20.3. The van der Waals surface area contributed by atoms with Crippen LogP contribution in [-0.4, -0.2) is 51.2 Å². The maximum absolute atomic E-state index is 11.2. The molecule has 0 unspecified atom stereocenters. The monoisotopic (exact) mass is 497 g/mol. The summed E-state index contributed by atoms with van der Waals surface area (Å²) >= 11 is 0. The molecule has 1 atom stereocenters. The Hall–Kier alpha value is -4.27. The highest BCUT2D eigenvalue weighted by Crippen LogP contribution is 2.37. The lowest BCUT2D eigenvalue weighted by Crippen LogP contribution is -2.39. The largest absolute Gasteiger partial charge is 0.486 e. The highest BCUT2D eigenvalue weighted by molar-refractivity contribution is 5.97. The van der Waals surface area contributed by atoms with Gasteiger partial charge in [-0.2, -0.15) is 0 Å². The lowest BCUT2D eigenvalue weighted by molar-refractivity contribution is -0.140. The zero-order chi connectivity index (χ0) is 25.5. The first kappa shape index (κ1) is 23.1. The highest BCUT2D eigenvalue weighted by Gasteiger charge is 2.17. The molecule has 5 aromatic rings. The number of nitrogens with zero attached hydrogens (tertiary/aromatic N) is 2. The molecule has 1 aliphatic rings. The molecular weight excluding hydrogens is 470 g/mol. The Morgan fingerprint density at radius 2 is 1.84 bits per heavy atom. The van der Waals surface area contributed by atoms with Crippen LogP contribution in [0.2, 0.25) is 0 Å². The van der Waals surface area contributed by atoms with E-state index in [0.717, 1.165) is 55.8 Å². The average Bonchev–Trinajstić information content (AvgIpc) is 3.49. The Morgan fingerprint density at radius 3 is 2.65 bits per heavy atom. The second-order valence-electron chi connectivity index (χ2n) is 9.17. The molecule has 37 heavy (non-hydrogen) atoms. The van der Waals surface area contributed by atoms with Crippen LogP contribution in [0.3, 0.4) is 0 Å². The van der Waals surface area contributed by atoms with E-state index >= 15 is 0 Å². The normalized spacial score (nSPS) is 13.8. The van der Waals surface area contributed by atoms with Crippen molar-refractivity contribution in [2.24, 2.45) is 7.05 Å². The van der Waals surface area contributed by atoms with E-state index in [2.05, 4.69) is 69.2 Å². The number of aromatic nitrogens is 2. The molecule has 0 saturated heterocycles. The average molecular weight is 498 g/mol. The highest BCUT2D eigenvalue weighted by atomic mass is 16.6. The van der Waals surface area contributed by atoms with Crippen molar-refractivity contribution in [1.29, 1.82) is 0 Å². The number of hydrogen-bond acceptors (Lipinski definition) is 5. The third-order valence-corrected chi connectivity index (χ3v) is 7.00. The number of carboxylic acids is 1. The summed E-state index contributed by atoms with van der Waals surface area (Å²) in [4.78, 5) is 11.2. The smallest absolute Gasteiger partial charge is 0.323 e. The molecule has 8 nitrogen and oxygen atoms in total. The Morgan fingerprint density at radius 1 is 1.00 bits per heavy atom. The van der Waals surface area contributed by atoms with Gasteiger partial charge in [0, 0.05) is 41.9 Å². The number of fused-ring (bicyclic) bond motifs is 3. The fraction of sp³-hybridized carbons (Fsp3) is 0.207.